The third kappa shape index (κ3) is 4.24. The quantitative estimate of drug-likeness (QED) is 0.408. The normalized spacial score (nSPS) is 17.3. The number of hydrogen-bond acceptors (Lipinski definition) is 6. The fourth-order valence-corrected chi connectivity index (χ4v) is 4.49. The van der Waals surface area contributed by atoms with Gasteiger partial charge in [0.25, 0.3) is 5.91 Å². The molecule has 0 bridgehead atoms. The monoisotopic (exact) mass is 479 g/mol. The summed E-state index contributed by atoms with van der Waals surface area (Å²) in [6.07, 6.45) is 3.32. The van der Waals surface area contributed by atoms with Gasteiger partial charge in [-0.3, -0.25) is 9.59 Å². The molecule has 1 aliphatic rings. The summed E-state index contributed by atoms with van der Waals surface area (Å²) in [7, 11) is 4.90. The summed E-state index contributed by atoms with van der Waals surface area (Å²) in [5, 5.41) is 7.52. The molecule has 1 fully saturated rings. The third-order valence-electron chi connectivity index (χ3n) is 6.08. The summed E-state index contributed by atoms with van der Waals surface area (Å²) in [4.78, 5) is 30.5. The lowest BCUT2D eigenvalue weighted by Crippen LogP contribution is -2.37. The smallest absolute Gasteiger partial charge is 0.255 e. The van der Waals surface area contributed by atoms with Crippen molar-refractivity contribution in [3.63, 3.8) is 0 Å². The number of hydrogen-bond donors (Lipinski definition) is 2. The number of nitrogens with two attached hydrogens (primary N) is 1. The Bertz CT molecular complexity index is 1380. The molecule has 3 aromatic rings. The van der Waals surface area contributed by atoms with E-state index in [1.165, 1.54) is 18.5 Å². The predicted molar refractivity (Wildman–Crippen MR) is 128 cm³/mol. The van der Waals surface area contributed by atoms with Gasteiger partial charge in [0.05, 0.1) is 36.1 Å². The molecule has 11 heteroatoms. The molecule has 1 saturated heterocycles. The number of aryl methyl sites for hydroxylation is 1. The first-order chi connectivity index (χ1) is 16.8. The molecule has 1 aliphatic heterocycles. The Labute approximate surface area is 201 Å². The molecule has 35 heavy (non-hydrogen) atoms. The number of ether oxygens (including phenoxy) is 1. The van der Waals surface area contributed by atoms with Gasteiger partial charge in [0, 0.05) is 27.7 Å². The number of likely N-dealkylation sites (tertiary alicyclic amines) is 1. The van der Waals surface area contributed by atoms with Crippen LogP contribution in [0.2, 0.25) is 0 Å². The Morgan fingerprint density at radius 2 is 2.17 bits per heavy atom. The van der Waals surface area contributed by atoms with Crippen LogP contribution >= 0.6 is 0 Å². The summed E-state index contributed by atoms with van der Waals surface area (Å²) in [5.74, 6) is 4.51. The average molecular weight is 480 g/mol. The molecule has 2 amide bonds. The van der Waals surface area contributed by atoms with E-state index in [1.807, 2.05) is 0 Å². The number of carbonyl (C=O) groups is 2. The van der Waals surface area contributed by atoms with E-state index >= 15 is 4.39 Å². The molecule has 10 nitrogen and oxygen atoms in total. The summed E-state index contributed by atoms with van der Waals surface area (Å²) >= 11 is 0. The van der Waals surface area contributed by atoms with Gasteiger partial charge < -0.3 is 25.3 Å². The van der Waals surface area contributed by atoms with Gasteiger partial charge in [-0.2, -0.15) is 5.10 Å². The minimum atomic E-state index is -0.724. The number of carbonyl (C=O) groups excluding carboxylic acids is 2. The summed E-state index contributed by atoms with van der Waals surface area (Å²) in [6, 6.07) is 2.76. The Hall–Kier alpha value is -4.17. The van der Waals surface area contributed by atoms with Gasteiger partial charge in [-0.1, -0.05) is 12.5 Å². The molecule has 0 radical (unpaired) electrons. The van der Waals surface area contributed by atoms with Crippen LogP contribution in [0.15, 0.2) is 31.1 Å². The number of anilines is 1. The van der Waals surface area contributed by atoms with Gasteiger partial charge in [0.1, 0.15) is 16.9 Å². The lowest BCUT2D eigenvalue weighted by molar-refractivity contribution is -0.127. The number of fused-ring (bicyclic) bond motifs is 1. The maximum Gasteiger partial charge on any atom is 0.255 e. The number of rotatable bonds is 6. The minimum Gasteiger partial charge on any atom is -0.383 e. The van der Waals surface area contributed by atoms with E-state index in [1.54, 1.807) is 41.4 Å². The second-order valence-corrected chi connectivity index (χ2v) is 8.22. The molecule has 0 saturated carbocycles. The van der Waals surface area contributed by atoms with Gasteiger partial charge >= 0.3 is 0 Å². The maximum absolute atomic E-state index is 15.0. The van der Waals surface area contributed by atoms with Crippen LogP contribution in [0.5, 0.6) is 0 Å². The van der Waals surface area contributed by atoms with Gasteiger partial charge in [0.2, 0.25) is 5.91 Å². The molecule has 2 aromatic heterocycles. The zero-order chi connectivity index (χ0) is 25.3. The Morgan fingerprint density at radius 3 is 2.83 bits per heavy atom. The van der Waals surface area contributed by atoms with Crippen molar-refractivity contribution in [3.8, 4) is 11.8 Å². The molecule has 3 heterocycles. The highest BCUT2D eigenvalue weighted by Gasteiger charge is 2.37. The van der Waals surface area contributed by atoms with E-state index in [0.717, 1.165) is 0 Å². The van der Waals surface area contributed by atoms with E-state index in [2.05, 4.69) is 33.8 Å². The van der Waals surface area contributed by atoms with E-state index in [4.69, 9.17) is 10.5 Å². The zero-order valence-corrected chi connectivity index (χ0v) is 19.7. The fourth-order valence-electron chi connectivity index (χ4n) is 4.49. The lowest BCUT2D eigenvalue weighted by atomic mass is 10.1. The van der Waals surface area contributed by atoms with Crippen molar-refractivity contribution in [2.75, 3.05) is 32.6 Å². The standard InChI is InChI=1S/C24H26FN7O3/c1-5-19(33)31-11-15(10-16(31)12-35-4)32-24(27-2)20(23(26)34)17(29-32)8-6-14-7-9-18-22(21(14)25)30(3)13-28-18/h5,7,9,13,15-16,27H,1,10-12H2,2-4H3,(H2,26,34)/t15-,16+/m0/s1. The highest BCUT2D eigenvalue weighted by molar-refractivity contribution is 6.00. The van der Waals surface area contributed by atoms with Crippen LogP contribution in [0.25, 0.3) is 11.0 Å². The predicted octanol–water partition coefficient (Wildman–Crippen LogP) is 1.42. The fraction of sp³-hybridized carbons (Fsp3) is 0.333. The van der Waals surface area contributed by atoms with Crippen molar-refractivity contribution < 1.29 is 18.7 Å². The van der Waals surface area contributed by atoms with Crippen LogP contribution in [0.4, 0.5) is 10.2 Å². The van der Waals surface area contributed by atoms with Gasteiger partial charge in [-0.25, -0.2) is 14.1 Å². The van der Waals surface area contributed by atoms with Crippen molar-refractivity contribution in [2.45, 2.75) is 18.5 Å². The number of imidazole rings is 1. The number of methoxy groups -OCH3 is 1. The number of benzene rings is 1. The molecule has 0 unspecified atom stereocenters. The van der Waals surface area contributed by atoms with Crippen molar-refractivity contribution >= 4 is 28.7 Å². The molecule has 0 spiro atoms. The number of aromatic nitrogens is 4. The first-order valence-corrected chi connectivity index (χ1v) is 10.9. The van der Waals surface area contributed by atoms with Crippen molar-refractivity contribution in [3.05, 3.63) is 53.8 Å². The van der Waals surface area contributed by atoms with Crippen molar-refractivity contribution in [2.24, 2.45) is 12.8 Å². The van der Waals surface area contributed by atoms with Gasteiger partial charge in [-0.15, -0.1) is 0 Å². The van der Waals surface area contributed by atoms with E-state index < -0.39 is 11.7 Å². The van der Waals surface area contributed by atoms with Crippen LogP contribution in [0.1, 0.15) is 34.1 Å². The van der Waals surface area contributed by atoms with E-state index in [-0.39, 0.29) is 34.8 Å². The second-order valence-electron chi connectivity index (χ2n) is 8.22. The molecular weight excluding hydrogens is 453 g/mol. The van der Waals surface area contributed by atoms with Crippen molar-refractivity contribution in [1.29, 1.82) is 0 Å². The SMILES string of the molecule is C=CC(=O)N1C[C@@H](n2nc(C#Cc3ccc4ncn(C)c4c3F)c(C(N)=O)c2NC)C[C@@H]1COC. The highest BCUT2D eigenvalue weighted by Crippen LogP contribution is 2.32. The minimum absolute atomic E-state index is 0.0961. The highest BCUT2D eigenvalue weighted by atomic mass is 19.1. The van der Waals surface area contributed by atoms with Crippen LogP contribution in [0.3, 0.4) is 0 Å². The summed E-state index contributed by atoms with van der Waals surface area (Å²) in [6.45, 7) is 4.26. The van der Waals surface area contributed by atoms with Crippen LogP contribution in [-0.4, -0.2) is 69.4 Å². The molecular formula is C24H26FN7O3. The Kier molecular flexibility index (Phi) is 6.57. The topological polar surface area (TPSA) is 120 Å². The summed E-state index contributed by atoms with van der Waals surface area (Å²) < 4.78 is 23.5. The summed E-state index contributed by atoms with van der Waals surface area (Å²) in [5.41, 5.74) is 6.86. The number of amides is 2. The lowest BCUT2D eigenvalue weighted by Gasteiger charge is -2.22. The molecule has 2 atom stereocenters. The second kappa shape index (κ2) is 9.60. The average Bonchev–Trinajstić information content (AvgIpc) is 3.53. The van der Waals surface area contributed by atoms with Gasteiger partial charge in [0.15, 0.2) is 11.5 Å². The van der Waals surface area contributed by atoms with Crippen molar-refractivity contribution in [1.82, 2.24) is 24.2 Å². The zero-order valence-electron chi connectivity index (χ0n) is 19.7. The van der Waals surface area contributed by atoms with Crippen LogP contribution in [0, 0.1) is 17.7 Å². The Morgan fingerprint density at radius 1 is 1.40 bits per heavy atom. The molecule has 0 aliphatic carbocycles. The number of nitrogens with one attached hydrogen (secondary N) is 1. The van der Waals surface area contributed by atoms with E-state index in [0.29, 0.717) is 36.4 Å². The first kappa shape index (κ1) is 24.0. The molecule has 4 rings (SSSR count). The third-order valence-corrected chi connectivity index (χ3v) is 6.08. The number of halogens is 1. The van der Waals surface area contributed by atoms with Crippen LogP contribution < -0.4 is 11.1 Å². The molecule has 182 valence electrons. The van der Waals surface area contributed by atoms with E-state index in [9.17, 15) is 9.59 Å². The largest absolute Gasteiger partial charge is 0.383 e. The number of nitrogens with zero attached hydrogens (tertiary/aromatic N) is 5. The van der Waals surface area contributed by atoms with Crippen LogP contribution in [-0.2, 0) is 16.6 Å². The maximum atomic E-state index is 15.0. The number of primary amides is 1. The molecule has 1 aromatic carbocycles. The Balaban J connectivity index is 1.76. The first-order valence-electron chi connectivity index (χ1n) is 10.9. The molecule has 3 N–H and O–H groups in total. The van der Waals surface area contributed by atoms with Gasteiger partial charge in [-0.05, 0) is 30.6 Å².